The van der Waals surface area contributed by atoms with Gasteiger partial charge >= 0.3 is 0 Å². The summed E-state index contributed by atoms with van der Waals surface area (Å²) < 4.78 is 0. The third-order valence-corrected chi connectivity index (χ3v) is 4.83. The van der Waals surface area contributed by atoms with Crippen LogP contribution in [0.2, 0.25) is 5.02 Å². The third-order valence-electron chi connectivity index (χ3n) is 4.58. The lowest BCUT2D eigenvalue weighted by atomic mass is 9.97. The quantitative estimate of drug-likeness (QED) is 0.563. The van der Waals surface area contributed by atoms with E-state index in [1.807, 2.05) is 38.1 Å². The van der Waals surface area contributed by atoms with Crippen LogP contribution in [0.5, 0.6) is 0 Å². The van der Waals surface area contributed by atoms with Crippen LogP contribution in [0, 0.1) is 5.92 Å². The van der Waals surface area contributed by atoms with E-state index < -0.39 is 6.04 Å². The van der Waals surface area contributed by atoms with Gasteiger partial charge in [-0.25, -0.2) is 0 Å². The van der Waals surface area contributed by atoms with Crippen molar-refractivity contribution in [3.05, 3.63) is 64.7 Å². The Balaban J connectivity index is 0.00000392. The molecule has 7 heteroatoms. The van der Waals surface area contributed by atoms with Crippen molar-refractivity contribution < 1.29 is 9.59 Å². The highest BCUT2D eigenvalue weighted by Crippen LogP contribution is 2.12. The minimum Gasteiger partial charge on any atom is -0.399 e. The number of carbonyl (C=O) groups is 2. The van der Waals surface area contributed by atoms with Crippen molar-refractivity contribution >= 4 is 41.5 Å². The second kappa shape index (κ2) is 11.6. The number of amides is 2. The molecule has 2 aromatic carbocycles. The smallest absolute Gasteiger partial charge is 0.251 e. The molecule has 0 aliphatic rings. The first-order valence-corrected chi connectivity index (χ1v) is 9.47. The first kappa shape index (κ1) is 23.8. The van der Waals surface area contributed by atoms with Crippen molar-refractivity contribution in [1.29, 1.82) is 0 Å². The van der Waals surface area contributed by atoms with E-state index in [1.165, 1.54) is 0 Å². The van der Waals surface area contributed by atoms with Crippen molar-refractivity contribution in [2.75, 3.05) is 12.3 Å². The molecule has 0 heterocycles. The van der Waals surface area contributed by atoms with Gasteiger partial charge in [0.15, 0.2) is 0 Å². The normalized spacial score (nSPS) is 12.4. The van der Waals surface area contributed by atoms with Gasteiger partial charge in [0.1, 0.15) is 6.04 Å². The lowest BCUT2D eigenvalue weighted by molar-refractivity contribution is -0.124. The van der Waals surface area contributed by atoms with Crippen LogP contribution < -0.4 is 16.4 Å². The molecule has 0 aliphatic heterocycles. The van der Waals surface area contributed by atoms with Gasteiger partial charge in [-0.1, -0.05) is 44.0 Å². The summed E-state index contributed by atoms with van der Waals surface area (Å²) in [5.41, 5.74) is 7.96. The molecule has 2 aromatic rings. The summed E-state index contributed by atoms with van der Waals surface area (Å²) in [6, 6.07) is 13.6. The zero-order valence-corrected chi connectivity index (χ0v) is 17.6. The Bertz CT molecular complexity index is 764. The fraction of sp³-hybridized carbons (Fsp3) is 0.333. The van der Waals surface area contributed by atoms with Crippen LogP contribution in [0.15, 0.2) is 48.5 Å². The molecule has 0 radical (unpaired) electrons. The maximum absolute atomic E-state index is 12.6. The van der Waals surface area contributed by atoms with E-state index in [9.17, 15) is 9.59 Å². The predicted molar refractivity (Wildman–Crippen MR) is 117 cm³/mol. The van der Waals surface area contributed by atoms with E-state index in [2.05, 4.69) is 10.6 Å². The largest absolute Gasteiger partial charge is 0.399 e. The molecule has 0 saturated carbocycles. The number of rotatable bonds is 8. The highest BCUT2D eigenvalue weighted by Gasteiger charge is 2.26. The summed E-state index contributed by atoms with van der Waals surface area (Å²) in [4.78, 5) is 25.1. The molecule has 0 aliphatic carbocycles. The second-order valence-electron chi connectivity index (χ2n) is 6.63. The van der Waals surface area contributed by atoms with Gasteiger partial charge in [-0.05, 0) is 54.3 Å². The maximum atomic E-state index is 12.6. The van der Waals surface area contributed by atoms with E-state index in [-0.39, 0.29) is 30.1 Å². The van der Waals surface area contributed by atoms with E-state index in [0.29, 0.717) is 29.2 Å². The lowest BCUT2D eigenvalue weighted by Gasteiger charge is -2.23. The molecule has 5 nitrogen and oxygen atoms in total. The maximum Gasteiger partial charge on any atom is 0.251 e. The van der Waals surface area contributed by atoms with E-state index in [4.69, 9.17) is 17.3 Å². The van der Waals surface area contributed by atoms with Gasteiger partial charge in [0, 0.05) is 22.8 Å². The fourth-order valence-electron chi connectivity index (χ4n) is 2.65. The number of nitrogens with one attached hydrogen (secondary N) is 2. The number of anilines is 1. The fourth-order valence-corrected chi connectivity index (χ4v) is 2.78. The Hall–Kier alpha value is -2.24. The Morgan fingerprint density at radius 1 is 1.07 bits per heavy atom. The summed E-state index contributed by atoms with van der Waals surface area (Å²) in [7, 11) is 0. The molecule has 2 amide bonds. The van der Waals surface area contributed by atoms with Gasteiger partial charge in [0.05, 0.1) is 0 Å². The van der Waals surface area contributed by atoms with Crippen LogP contribution in [0.3, 0.4) is 0 Å². The first-order chi connectivity index (χ1) is 12.9. The molecular formula is C21H27Cl2N3O2. The molecule has 152 valence electrons. The number of hydrogen-bond donors (Lipinski definition) is 3. The van der Waals surface area contributed by atoms with Crippen molar-refractivity contribution in [3.63, 3.8) is 0 Å². The van der Waals surface area contributed by atoms with E-state index in [1.54, 1.807) is 24.3 Å². The minimum atomic E-state index is -0.593. The number of nitrogen functional groups attached to an aromatic ring is 1. The molecule has 2 unspecified atom stereocenters. The minimum absolute atomic E-state index is 0. The van der Waals surface area contributed by atoms with Crippen LogP contribution in [-0.2, 0) is 11.2 Å². The Kier molecular flexibility index (Phi) is 9.83. The zero-order valence-electron chi connectivity index (χ0n) is 16.1. The monoisotopic (exact) mass is 423 g/mol. The molecule has 0 bridgehead atoms. The average molecular weight is 424 g/mol. The van der Waals surface area contributed by atoms with Crippen LogP contribution in [0.25, 0.3) is 0 Å². The van der Waals surface area contributed by atoms with Crippen molar-refractivity contribution in [2.24, 2.45) is 5.92 Å². The van der Waals surface area contributed by atoms with Gasteiger partial charge in [-0.2, -0.15) is 0 Å². The Morgan fingerprint density at radius 2 is 1.68 bits per heavy atom. The van der Waals surface area contributed by atoms with E-state index in [0.717, 1.165) is 12.0 Å². The Morgan fingerprint density at radius 3 is 2.25 bits per heavy atom. The van der Waals surface area contributed by atoms with Crippen molar-refractivity contribution in [3.8, 4) is 0 Å². The number of carbonyl (C=O) groups excluding carboxylic acids is 2. The highest BCUT2D eigenvalue weighted by molar-refractivity contribution is 6.30. The molecule has 0 fully saturated rings. The van der Waals surface area contributed by atoms with Crippen LogP contribution in [0.4, 0.5) is 5.69 Å². The van der Waals surface area contributed by atoms with Gasteiger partial charge < -0.3 is 16.4 Å². The molecule has 0 saturated heterocycles. The molecule has 2 rings (SSSR count). The topological polar surface area (TPSA) is 84.2 Å². The van der Waals surface area contributed by atoms with Gasteiger partial charge in [-0.15, -0.1) is 12.4 Å². The highest BCUT2D eigenvalue weighted by atomic mass is 35.5. The predicted octanol–water partition coefficient (Wildman–Crippen LogP) is 3.85. The van der Waals surface area contributed by atoms with Crippen LogP contribution >= 0.6 is 24.0 Å². The summed E-state index contributed by atoms with van der Waals surface area (Å²) in [6.45, 7) is 4.44. The average Bonchev–Trinajstić information content (AvgIpc) is 2.67. The first-order valence-electron chi connectivity index (χ1n) is 9.09. The van der Waals surface area contributed by atoms with E-state index >= 15 is 0 Å². The van der Waals surface area contributed by atoms with Crippen LogP contribution in [0.1, 0.15) is 36.2 Å². The molecule has 28 heavy (non-hydrogen) atoms. The number of halogens is 2. The molecular weight excluding hydrogens is 397 g/mol. The van der Waals surface area contributed by atoms with Crippen molar-refractivity contribution in [1.82, 2.24) is 10.6 Å². The summed E-state index contributed by atoms with van der Waals surface area (Å²) >= 11 is 5.86. The van der Waals surface area contributed by atoms with Crippen LogP contribution in [-0.4, -0.2) is 24.4 Å². The SMILES string of the molecule is CCC(C)C(NC(=O)c1ccc(Cl)cc1)C(=O)NCCc1ccc(N)cc1.Cl. The van der Waals surface area contributed by atoms with Crippen molar-refractivity contribution in [2.45, 2.75) is 32.7 Å². The molecule has 0 aromatic heterocycles. The Labute approximate surface area is 177 Å². The summed E-state index contributed by atoms with van der Waals surface area (Å²) in [5, 5.41) is 6.33. The third kappa shape index (κ3) is 7.06. The number of nitrogens with two attached hydrogens (primary N) is 1. The van der Waals surface area contributed by atoms with Gasteiger partial charge in [0.2, 0.25) is 5.91 Å². The molecule has 2 atom stereocenters. The zero-order chi connectivity index (χ0) is 19.8. The number of benzene rings is 2. The molecule has 4 N–H and O–H groups in total. The summed E-state index contributed by atoms with van der Waals surface area (Å²) in [5.74, 6) is -0.453. The second-order valence-corrected chi connectivity index (χ2v) is 7.06. The van der Waals surface area contributed by atoms with Gasteiger partial charge in [-0.3, -0.25) is 9.59 Å². The number of hydrogen-bond acceptors (Lipinski definition) is 3. The standard InChI is InChI=1S/C21H26ClN3O2.ClH/c1-3-14(2)19(25-20(26)16-6-8-17(22)9-7-16)21(27)24-13-12-15-4-10-18(23)11-5-15;/h4-11,14,19H,3,12-13,23H2,1-2H3,(H,24,27)(H,25,26);1H. The summed E-state index contributed by atoms with van der Waals surface area (Å²) in [6.07, 6.45) is 1.47. The van der Waals surface area contributed by atoms with Gasteiger partial charge in [0.25, 0.3) is 5.91 Å². The lowest BCUT2D eigenvalue weighted by Crippen LogP contribution is -2.50. The molecule has 0 spiro atoms.